The van der Waals surface area contributed by atoms with Crippen molar-refractivity contribution in [1.29, 1.82) is 0 Å². The van der Waals surface area contributed by atoms with Crippen molar-refractivity contribution in [1.82, 2.24) is 10.3 Å². The molecule has 24 heavy (non-hydrogen) atoms. The van der Waals surface area contributed by atoms with Gasteiger partial charge in [0, 0.05) is 36.1 Å². The van der Waals surface area contributed by atoms with Gasteiger partial charge in [-0.15, -0.1) is 0 Å². The van der Waals surface area contributed by atoms with E-state index in [4.69, 9.17) is 0 Å². The second kappa shape index (κ2) is 8.82. The minimum Gasteiger partial charge on any atom is -0.352 e. The van der Waals surface area contributed by atoms with E-state index in [0.29, 0.717) is 17.8 Å². The van der Waals surface area contributed by atoms with Crippen molar-refractivity contribution in [2.45, 2.75) is 26.7 Å². The Labute approximate surface area is 142 Å². The zero-order valence-corrected chi connectivity index (χ0v) is 14.1. The highest BCUT2D eigenvalue weighted by Crippen LogP contribution is 2.13. The summed E-state index contributed by atoms with van der Waals surface area (Å²) in [5, 5.41) is 5.73. The maximum absolute atomic E-state index is 12.2. The Morgan fingerprint density at radius 3 is 2.75 bits per heavy atom. The monoisotopic (exact) mass is 325 g/mol. The SMILES string of the molecule is CCC(C)C(=O)Nc1cccc(C(=O)NCCc2cccnc2)c1. The Morgan fingerprint density at radius 2 is 2.04 bits per heavy atom. The first kappa shape index (κ1) is 17.7. The smallest absolute Gasteiger partial charge is 0.251 e. The van der Waals surface area contributed by atoms with E-state index >= 15 is 0 Å². The molecule has 0 aliphatic carbocycles. The van der Waals surface area contributed by atoms with Gasteiger partial charge in [0.25, 0.3) is 5.91 Å². The predicted octanol–water partition coefficient (Wildman–Crippen LogP) is 3.04. The molecule has 2 amide bonds. The van der Waals surface area contributed by atoms with Crippen LogP contribution in [0.25, 0.3) is 0 Å². The van der Waals surface area contributed by atoms with Crippen LogP contribution in [0.2, 0.25) is 0 Å². The summed E-state index contributed by atoms with van der Waals surface area (Å²) in [6, 6.07) is 10.8. The third-order valence-electron chi connectivity index (χ3n) is 3.87. The van der Waals surface area contributed by atoms with Crippen LogP contribution in [0.4, 0.5) is 5.69 Å². The van der Waals surface area contributed by atoms with Crippen LogP contribution in [0.5, 0.6) is 0 Å². The van der Waals surface area contributed by atoms with E-state index in [2.05, 4.69) is 15.6 Å². The molecule has 1 atom stereocenters. The number of nitrogens with zero attached hydrogens (tertiary/aromatic N) is 1. The van der Waals surface area contributed by atoms with Crippen LogP contribution in [0.1, 0.15) is 36.2 Å². The quantitative estimate of drug-likeness (QED) is 0.822. The first-order valence-electron chi connectivity index (χ1n) is 8.18. The zero-order chi connectivity index (χ0) is 17.4. The van der Waals surface area contributed by atoms with E-state index in [1.54, 1.807) is 36.7 Å². The fourth-order valence-corrected chi connectivity index (χ4v) is 2.16. The molecular weight excluding hydrogens is 302 g/mol. The zero-order valence-electron chi connectivity index (χ0n) is 14.1. The number of carbonyl (C=O) groups is 2. The summed E-state index contributed by atoms with van der Waals surface area (Å²) in [5.41, 5.74) is 2.25. The maximum atomic E-state index is 12.2. The first-order valence-corrected chi connectivity index (χ1v) is 8.18. The average molecular weight is 325 g/mol. The average Bonchev–Trinajstić information content (AvgIpc) is 2.62. The lowest BCUT2D eigenvalue weighted by atomic mass is 10.1. The van der Waals surface area contributed by atoms with Crippen LogP contribution in [-0.4, -0.2) is 23.3 Å². The first-order chi connectivity index (χ1) is 11.6. The fourth-order valence-electron chi connectivity index (χ4n) is 2.16. The summed E-state index contributed by atoms with van der Waals surface area (Å²) in [4.78, 5) is 28.2. The van der Waals surface area contributed by atoms with Gasteiger partial charge in [-0.1, -0.05) is 26.0 Å². The molecule has 0 radical (unpaired) electrons. The number of amides is 2. The molecule has 0 fully saturated rings. The number of carbonyl (C=O) groups excluding carboxylic acids is 2. The van der Waals surface area contributed by atoms with Crippen molar-refractivity contribution >= 4 is 17.5 Å². The van der Waals surface area contributed by atoms with Gasteiger partial charge in [-0.2, -0.15) is 0 Å². The lowest BCUT2D eigenvalue weighted by Crippen LogP contribution is -2.26. The number of aromatic nitrogens is 1. The van der Waals surface area contributed by atoms with Crippen molar-refractivity contribution in [2.24, 2.45) is 5.92 Å². The van der Waals surface area contributed by atoms with Crippen LogP contribution in [0, 0.1) is 5.92 Å². The Bertz CT molecular complexity index is 686. The van der Waals surface area contributed by atoms with Gasteiger partial charge in [0.2, 0.25) is 5.91 Å². The van der Waals surface area contributed by atoms with Gasteiger partial charge >= 0.3 is 0 Å². The Balaban J connectivity index is 1.90. The van der Waals surface area contributed by atoms with E-state index in [1.807, 2.05) is 26.0 Å². The number of pyridine rings is 1. The fraction of sp³-hybridized carbons (Fsp3) is 0.316. The number of hydrogen-bond acceptors (Lipinski definition) is 3. The second-order valence-electron chi connectivity index (χ2n) is 5.75. The molecule has 0 saturated carbocycles. The number of hydrogen-bond donors (Lipinski definition) is 2. The molecule has 2 aromatic rings. The van der Waals surface area contributed by atoms with E-state index < -0.39 is 0 Å². The van der Waals surface area contributed by atoms with Gasteiger partial charge in [-0.05, 0) is 42.7 Å². The maximum Gasteiger partial charge on any atom is 0.251 e. The van der Waals surface area contributed by atoms with Gasteiger partial charge < -0.3 is 10.6 Å². The van der Waals surface area contributed by atoms with E-state index in [0.717, 1.165) is 18.4 Å². The van der Waals surface area contributed by atoms with Crippen LogP contribution < -0.4 is 10.6 Å². The van der Waals surface area contributed by atoms with Gasteiger partial charge in [0.1, 0.15) is 0 Å². The lowest BCUT2D eigenvalue weighted by Gasteiger charge is -2.11. The Hall–Kier alpha value is -2.69. The molecular formula is C19H23N3O2. The third-order valence-corrected chi connectivity index (χ3v) is 3.87. The van der Waals surface area contributed by atoms with E-state index in [-0.39, 0.29) is 17.7 Å². The molecule has 0 aliphatic rings. The van der Waals surface area contributed by atoms with Gasteiger partial charge in [-0.25, -0.2) is 0 Å². The lowest BCUT2D eigenvalue weighted by molar-refractivity contribution is -0.119. The molecule has 0 saturated heterocycles. The predicted molar refractivity (Wildman–Crippen MR) is 94.8 cm³/mol. The summed E-state index contributed by atoms with van der Waals surface area (Å²) in [5.74, 6) is -0.243. The van der Waals surface area contributed by atoms with Crippen molar-refractivity contribution in [2.75, 3.05) is 11.9 Å². The number of nitrogens with one attached hydrogen (secondary N) is 2. The van der Waals surface area contributed by atoms with Crippen LogP contribution in [-0.2, 0) is 11.2 Å². The minimum atomic E-state index is -0.154. The van der Waals surface area contributed by atoms with Gasteiger partial charge in [0.05, 0.1) is 0 Å². The molecule has 2 N–H and O–H groups in total. The molecule has 0 aliphatic heterocycles. The molecule has 5 nitrogen and oxygen atoms in total. The Morgan fingerprint density at radius 1 is 1.21 bits per heavy atom. The van der Waals surface area contributed by atoms with Crippen molar-refractivity contribution in [3.8, 4) is 0 Å². The van der Waals surface area contributed by atoms with Gasteiger partial charge in [0.15, 0.2) is 0 Å². The number of anilines is 1. The minimum absolute atomic E-state index is 0.0355. The highest BCUT2D eigenvalue weighted by atomic mass is 16.2. The van der Waals surface area contributed by atoms with Crippen LogP contribution in [0.15, 0.2) is 48.8 Å². The summed E-state index contributed by atoms with van der Waals surface area (Å²) >= 11 is 0. The molecule has 0 spiro atoms. The molecule has 1 unspecified atom stereocenters. The van der Waals surface area contributed by atoms with Gasteiger partial charge in [-0.3, -0.25) is 14.6 Å². The summed E-state index contributed by atoms with van der Waals surface area (Å²) in [7, 11) is 0. The normalized spacial score (nSPS) is 11.6. The Kier molecular flexibility index (Phi) is 6.49. The summed E-state index contributed by atoms with van der Waals surface area (Å²) < 4.78 is 0. The highest BCUT2D eigenvalue weighted by Gasteiger charge is 2.12. The summed E-state index contributed by atoms with van der Waals surface area (Å²) in [6.07, 6.45) is 5.02. The largest absolute Gasteiger partial charge is 0.352 e. The highest BCUT2D eigenvalue weighted by molar-refractivity contribution is 5.97. The molecule has 5 heteroatoms. The van der Waals surface area contributed by atoms with Crippen molar-refractivity contribution < 1.29 is 9.59 Å². The molecule has 1 heterocycles. The number of benzene rings is 1. The van der Waals surface area contributed by atoms with E-state index in [9.17, 15) is 9.59 Å². The molecule has 2 rings (SSSR count). The third kappa shape index (κ3) is 5.19. The second-order valence-corrected chi connectivity index (χ2v) is 5.75. The molecule has 1 aromatic carbocycles. The molecule has 1 aromatic heterocycles. The number of rotatable bonds is 7. The van der Waals surface area contributed by atoms with Crippen molar-refractivity contribution in [3.63, 3.8) is 0 Å². The molecule has 126 valence electrons. The van der Waals surface area contributed by atoms with Crippen LogP contribution in [0.3, 0.4) is 0 Å². The molecule has 0 bridgehead atoms. The standard InChI is InChI=1S/C19H23N3O2/c1-3-14(2)18(23)22-17-8-4-7-16(12-17)19(24)21-11-9-15-6-5-10-20-13-15/h4-8,10,12-14H,3,9,11H2,1-2H3,(H,21,24)(H,22,23). The topological polar surface area (TPSA) is 71.1 Å². The summed E-state index contributed by atoms with van der Waals surface area (Å²) in [6.45, 7) is 4.38. The van der Waals surface area contributed by atoms with Crippen molar-refractivity contribution in [3.05, 3.63) is 59.9 Å². The van der Waals surface area contributed by atoms with Crippen LogP contribution >= 0.6 is 0 Å². The van der Waals surface area contributed by atoms with E-state index in [1.165, 1.54) is 0 Å².